The van der Waals surface area contributed by atoms with Gasteiger partial charge in [0.1, 0.15) is 17.7 Å². The summed E-state index contributed by atoms with van der Waals surface area (Å²) in [6, 6.07) is 3.66. The zero-order valence-corrected chi connectivity index (χ0v) is 21.5. The van der Waals surface area contributed by atoms with Crippen LogP contribution in [0.3, 0.4) is 0 Å². The van der Waals surface area contributed by atoms with E-state index in [1.165, 1.54) is 34.1 Å². The number of benzene rings is 1. The zero-order chi connectivity index (χ0) is 27.4. The second kappa shape index (κ2) is 11.2. The van der Waals surface area contributed by atoms with E-state index in [1.54, 1.807) is 14.0 Å². The Morgan fingerprint density at radius 1 is 1.21 bits per heavy atom. The van der Waals surface area contributed by atoms with Gasteiger partial charge in [-0.15, -0.1) is 0 Å². The van der Waals surface area contributed by atoms with E-state index in [2.05, 4.69) is 5.32 Å². The molecule has 2 fully saturated rings. The van der Waals surface area contributed by atoms with E-state index in [-0.39, 0.29) is 42.8 Å². The average molecular weight is 529 g/mol. The molecule has 1 N–H and O–H groups in total. The molecule has 12 heteroatoms. The van der Waals surface area contributed by atoms with Crippen molar-refractivity contribution in [3.63, 3.8) is 0 Å². The lowest BCUT2D eigenvalue weighted by molar-refractivity contribution is -0.384. The van der Waals surface area contributed by atoms with Crippen LogP contribution in [-0.2, 0) is 19.1 Å². The van der Waals surface area contributed by atoms with Crippen molar-refractivity contribution in [2.45, 2.75) is 56.7 Å². The Morgan fingerprint density at radius 3 is 2.63 bits per heavy atom. The molecule has 4 rings (SSSR count). The highest BCUT2D eigenvalue weighted by Crippen LogP contribution is 2.46. The molecule has 4 atom stereocenters. The molecule has 1 aliphatic carbocycles. The predicted octanol–water partition coefficient (Wildman–Crippen LogP) is 2.42. The van der Waals surface area contributed by atoms with E-state index in [4.69, 9.17) is 9.47 Å². The van der Waals surface area contributed by atoms with Gasteiger partial charge in [-0.1, -0.05) is 12.2 Å². The second-order valence-corrected chi connectivity index (χ2v) is 9.85. The Hall–Kier alpha value is -3.96. The topological polar surface area (TPSA) is 148 Å². The molecule has 2 heterocycles. The van der Waals surface area contributed by atoms with Crippen LogP contribution < -0.4 is 5.32 Å². The van der Waals surface area contributed by atoms with Crippen LogP contribution in [0, 0.1) is 16.0 Å². The number of ether oxygens (including phenoxy) is 2. The molecule has 204 valence electrons. The summed E-state index contributed by atoms with van der Waals surface area (Å²) >= 11 is 0. The summed E-state index contributed by atoms with van der Waals surface area (Å²) < 4.78 is 10.9. The SMILES string of the molecule is CCOC(=O)[C@@]12C[C@@H]1/C=C\CCCCN(C)C(=O)N1C[C@@H](OC(=O)c3ccc([N+](=O)[O-])cc3)C[C@H]1C(=O)N2. The number of esters is 2. The number of nitrogens with one attached hydrogen (secondary N) is 1. The van der Waals surface area contributed by atoms with Gasteiger partial charge in [-0.25, -0.2) is 14.4 Å². The molecule has 1 saturated heterocycles. The maximum Gasteiger partial charge on any atom is 0.338 e. The Bertz CT molecular complexity index is 1140. The fraction of sp³-hybridized carbons (Fsp3) is 0.538. The number of fused-ring (bicyclic) bond motifs is 2. The molecular weight excluding hydrogens is 496 g/mol. The van der Waals surface area contributed by atoms with Crippen LogP contribution in [0.5, 0.6) is 0 Å². The minimum absolute atomic E-state index is 0.00425. The van der Waals surface area contributed by atoms with Gasteiger partial charge in [-0.2, -0.15) is 0 Å². The predicted molar refractivity (Wildman–Crippen MR) is 134 cm³/mol. The highest BCUT2D eigenvalue weighted by atomic mass is 16.6. The molecule has 0 bridgehead atoms. The first-order valence-electron chi connectivity index (χ1n) is 12.8. The van der Waals surface area contributed by atoms with E-state index >= 15 is 0 Å². The first-order valence-corrected chi connectivity index (χ1v) is 12.8. The van der Waals surface area contributed by atoms with Crippen molar-refractivity contribution in [3.05, 3.63) is 52.1 Å². The quantitative estimate of drug-likeness (QED) is 0.265. The lowest BCUT2D eigenvalue weighted by atomic mass is 10.1. The molecule has 1 aromatic rings. The normalized spacial score (nSPS) is 28.3. The number of hydrogen-bond donors (Lipinski definition) is 1. The van der Waals surface area contributed by atoms with Crippen molar-refractivity contribution in [1.29, 1.82) is 0 Å². The van der Waals surface area contributed by atoms with Crippen molar-refractivity contribution >= 4 is 29.6 Å². The average Bonchev–Trinajstić information content (AvgIpc) is 3.42. The first kappa shape index (κ1) is 27.1. The number of allylic oxidation sites excluding steroid dienone is 1. The van der Waals surface area contributed by atoms with Crippen LogP contribution >= 0.6 is 0 Å². The molecule has 12 nitrogen and oxygen atoms in total. The summed E-state index contributed by atoms with van der Waals surface area (Å²) in [6.45, 7) is 2.37. The highest BCUT2D eigenvalue weighted by molar-refractivity contribution is 5.95. The van der Waals surface area contributed by atoms with Crippen molar-refractivity contribution in [2.75, 3.05) is 26.7 Å². The Morgan fingerprint density at radius 2 is 1.95 bits per heavy atom. The number of carbonyl (C=O) groups excluding carboxylic acids is 4. The summed E-state index contributed by atoms with van der Waals surface area (Å²) in [5, 5.41) is 13.7. The van der Waals surface area contributed by atoms with Crippen LogP contribution in [0.15, 0.2) is 36.4 Å². The van der Waals surface area contributed by atoms with Crippen molar-refractivity contribution in [2.24, 2.45) is 5.92 Å². The van der Waals surface area contributed by atoms with Gasteiger partial charge in [0, 0.05) is 38.1 Å². The van der Waals surface area contributed by atoms with E-state index < -0.39 is 40.5 Å². The number of hydrogen-bond acceptors (Lipinski definition) is 8. The molecule has 3 amide bonds. The van der Waals surface area contributed by atoms with Crippen LogP contribution in [0.4, 0.5) is 10.5 Å². The van der Waals surface area contributed by atoms with Gasteiger partial charge in [0.05, 0.1) is 23.6 Å². The molecule has 1 aromatic carbocycles. The first-order chi connectivity index (χ1) is 18.2. The number of nitro benzene ring substituents is 1. The third-order valence-corrected chi connectivity index (χ3v) is 7.21. The number of rotatable bonds is 5. The summed E-state index contributed by atoms with van der Waals surface area (Å²) in [4.78, 5) is 65.6. The number of non-ortho nitro benzene ring substituents is 1. The monoisotopic (exact) mass is 528 g/mol. The van der Waals surface area contributed by atoms with Crippen molar-refractivity contribution < 1.29 is 33.6 Å². The second-order valence-electron chi connectivity index (χ2n) is 9.85. The lowest BCUT2D eigenvalue weighted by Gasteiger charge is -2.30. The fourth-order valence-corrected chi connectivity index (χ4v) is 4.98. The van der Waals surface area contributed by atoms with E-state index in [1.807, 2.05) is 12.2 Å². The van der Waals surface area contributed by atoms with Gasteiger partial charge in [0.2, 0.25) is 5.91 Å². The van der Waals surface area contributed by atoms with Gasteiger partial charge in [0.25, 0.3) is 5.69 Å². The number of nitrogens with zero attached hydrogens (tertiary/aromatic N) is 3. The summed E-state index contributed by atoms with van der Waals surface area (Å²) in [7, 11) is 1.66. The Labute approximate surface area is 220 Å². The van der Waals surface area contributed by atoms with Gasteiger partial charge >= 0.3 is 18.0 Å². The molecular formula is C26H32N4O8. The number of urea groups is 1. The van der Waals surface area contributed by atoms with E-state index in [0.717, 1.165) is 19.3 Å². The molecule has 0 unspecified atom stereocenters. The van der Waals surface area contributed by atoms with E-state index in [0.29, 0.717) is 13.0 Å². The third-order valence-electron chi connectivity index (χ3n) is 7.21. The van der Waals surface area contributed by atoms with E-state index in [9.17, 15) is 29.3 Å². The minimum Gasteiger partial charge on any atom is -0.464 e. The van der Waals surface area contributed by atoms with Crippen molar-refractivity contribution in [3.8, 4) is 0 Å². The standard InChI is InChI=1S/C26H32N4O8/c1-3-37-24(33)26-15-18(26)8-6-4-5-7-13-28(2)25(34)29-16-20(14-21(29)22(31)27-26)38-23(32)17-9-11-19(12-10-17)30(35)36/h6,8-12,18,20-21H,3-5,7,13-16H2,1-2H3,(H,27,31)/b8-6-/t18-,20-,21-,26+/m0/s1. The van der Waals surface area contributed by atoms with Crippen LogP contribution in [0.25, 0.3) is 0 Å². The summed E-state index contributed by atoms with van der Waals surface area (Å²) in [6.07, 6.45) is 6.03. The molecule has 0 spiro atoms. The molecule has 38 heavy (non-hydrogen) atoms. The van der Waals surface area contributed by atoms with Gasteiger partial charge < -0.3 is 24.6 Å². The van der Waals surface area contributed by atoms with Crippen LogP contribution in [-0.4, -0.2) is 83.0 Å². The Balaban J connectivity index is 1.54. The van der Waals surface area contributed by atoms with Gasteiger partial charge in [-0.05, 0) is 44.7 Å². The number of amides is 3. The lowest BCUT2D eigenvalue weighted by Crippen LogP contribution is -2.55. The van der Waals surface area contributed by atoms with Gasteiger partial charge in [0.15, 0.2) is 0 Å². The number of carbonyl (C=O) groups is 4. The zero-order valence-electron chi connectivity index (χ0n) is 21.5. The van der Waals surface area contributed by atoms with Crippen LogP contribution in [0.1, 0.15) is 49.4 Å². The summed E-state index contributed by atoms with van der Waals surface area (Å²) in [5.41, 5.74) is -1.22. The smallest absolute Gasteiger partial charge is 0.338 e. The minimum atomic E-state index is -1.18. The molecule has 0 aromatic heterocycles. The molecule has 1 saturated carbocycles. The maximum atomic E-state index is 13.5. The van der Waals surface area contributed by atoms with Gasteiger partial charge in [-0.3, -0.25) is 14.9 Å². The van der Waals surface area contributed by atoms with Crippen molar-refractivity contribution in [1.82, 2.24) is 15.1 Å². The number of nitro groups is 1. The van der Waals surface area contributed by atoms with Crippen LogP contribution in [0.2, 0.25) is 0 Å². The molecule has 3 aliphatic rings. The highest BCUT2D eigenvalue weighted by Gasteiger charge is 2.62. The largest absolute Gasteiger partial charge is 0.464 e. The molecule has 2 aliphatic heterocycles. The molecule has 0 radical (unpaired) electrons. The maximum absolute atomic E-state index is 13.5. The summed E-state index contributed by atoms with van der Waals surface area (Å²) in [5.74, 6) is -1.93. The fourth-order valence-electron chi connectivity index (χ4n) is 4.98. The Kier molecular flexibility index (Phi) is 7.98. The third kappa shape index (κ3) is 5.63.